The van der Waals surface area contributed by atoms with Gasteiger partial charge >= 0.3 is 0 Å². The third kappa shape index (κ3) is 2.09. The van der Waals surface area contributed by atoms with Crippen molar-refractivity contribution in [1.82, 2.24) is 4.90 Å². The Hall–Kier alpha value is -0.790. The molecule has 0 aromatic heterocycles. The Labute approximate surface area is 92.3 Å². The van der Waals surface area contributed by atoms with Gasteiger partial charge < -0.3 is 4.90 Å². The van der Waals surface area contributed by atoms with Crippen LogP contribution in [-0.2, 0) is 4.79 Å². The standard InChI is InChI=1S/C13H21NO/c1-10-8-13(2,3)9-11(12(10)15)14-6-4-5-7-14/h9-10H,4-8H2,1-3H3. The van der Waals surface area contributed by atoms with Crippen LogP contribution in [0.3, 0.4) is 0 Å². The summed E-state index contributed by atoms with van der Waals surface area (Å²) >= 11 is 0. The fraction of sp³-hybridized carbons (Fsp3) is 0.769. The van der Waals surface area contributed by atoms with Crippen LogP contribution < -0.4 is 0 Å². The Morgan fingerprint density at radius 1 is 1.33 bits per heavy atom. The molecular weight excluding hydrogens is 186 g/mol. The molecule has 15 heavy (non-hydrogen) atoms. The Morgan fingerprint density at radius 2 is 1.93 bits per heavy atom. The minimum absolute atomic E-state index is 0.186. The molecule has 2 rings (SSSR count). The van der Waals surface area contributed by atoms with E-state index in [1.165, 1.54) is 12.8 Å². The Bertz CT molecular complexity index is 298. The van der Waals surface area contributed by atoms with Crippen LogP contribution >= 0.6 is 0 Å². The first-order valence-corrected chi connectivity index (χ1v) is 6.02. The van der Waals surface area contributed by atoms with E-state index in [2.05, 4.69) is 31.7 Å². The lowest BCUT2D eigenvalue weighted by molar-refractivity contribution is -0.121. The molecule has 0 N–H and O–H groups in total. The van der Waals surface area contributed by atoms with Crippen molar-refractivity contribution in [1.29, 1.82) is 0 Å². The highest BCUT2D eigenvalue weighted by molar-refractivity contribution is 5.97. The molecule has 0 saturated carbocycles. The van der Waals surface area contributed by atoms with Gasteiger partial charge in [-0.15, -0.1) is 0 Å². The summed E-state index contributed by atoms with van der Waals surface area (Å²) in [6.45, 7) is 8.66. The zero-order valence-corrected chi connectivity index (χ0v) is 10.0. The van der Waals surface area contributed by atoms with Crippen molar-refractivity contribution in [3.8, 4) is 0 Å². The molecule has 1 heterocycles. The third-order valence-electron chi connectivity index (χ3n) is 3.51. The summed E-state index contributed by atoms with van der Waals surface area (Å²) < 4.78 is 0. The number of ketones is 1. The molecule has 0 amide bonds. The second-order valence-corrected chi connectivity index (χ2v) is 5.68. The van der Waals surface area contributed by atoms with Crippen LogP contribution in [-0.4, -0.2) is 23.8 Å². The molecule has 1 atom stereocenters. The molecule has 1 saturated heterocycles. The highest BCUT2D eigenvalue weighted by Gasteiger charge is 2.34. The van der Waals surface area contributed by atoms with E-state index in [1.807, 2.05) is 0 Å². The van der Waals surface area contributed by atoms with Crippen molar-refractivity contribution in [2.45, 2.75) is 40.0 Å². The van der Waals surface area contributed by atoms with E-state index in [0.717, 1.165) is 25.2 Å². The van der Waals surface area contributed by atoms with Crippen molar-refractivity contribution in [2.24, 2.45) is 11.3 Å². The topological polar surface area (TPSA) is 20.3 Å². The van der Waals surface area contributed by atoms with Gasteiger partial charge in [0.15, 0.2) is 5.78 Å². The van der Waals surface area contributed by atoms with Gasteiger partial charge in [0.25, 0.3) is 0 Å². The van der Waals surface area contributed by atoms with E-state index >= 15 is 0 Å². The number of carbonyl (C=O) groups is 1. The number of hydrogen-bond donors (Lipinski definition) is 0. The Kier molecular flexibility index (Phi) is 2.61. The summed E-state index contributed by atoms with van der Waals surface area (Å²) in [7, 11) is 0. The highest BCUT2D eigenvalue weighted by atomic mass is 16.1. The number of carbonyl (C=O) groups excluding carboxylic acids is 1. The maximum atomic E-state index is 12.1. The number of rotatable bonds is 1. The largest absolute Gasteiger partial charge is 0.369 e. The van der Waals surface area contributed by atoms with Crippen molar-refractivity contribution >= 4 is 5.78 Å². The van der Waals surface area contributed by atoms with E-state index in [0.29, 0.717) is 5.78 Å². The maximum absolute atomic E-state index is 12.1. The number of likely N-dealkylation sites (tertiary alicyclic amines) is 1. The van der Waals surface area contributed by atoms with Gasteiger partial charge in [0.05, 0.1) is 5.70 Å². The molecular formula is C13H21NO. The van der Waals surface area contributed by atoms with Crippen LogP contribution in [0.15, 0.2) is 11.8 Å². The zero-order valence-electron chi connectivity index (χ0n) is 10.0. The molecule has 0 aromatic carbocycles. The van der Waals surface area contributed by atoms with E-state index < -0.39 is 0 Å². The molecule has 0 radical (unpaired) electrons. The van der Waals surface area contributed by atoms with Gasteiger partial charge in [-0.2, -0.15) is 0 Å². The van der Waals surface area contributed by atoms with E-state index in [4.69, 9.17) is 0 Å². The summed E-state index contributed by atoms with van der Waals surface area (Å²) in [5.74, 6) is 0.553. The normalized spacial score (nSPS) is 30.6. The maximum Gasteiger partial charge on any atom is 0.181 e. The molecule has 1 fully saturated rings. The molecule has 2 nitrogen and oxygen atoms in total. The SMILES string of the molecule is CC1CC(C)(C)C=C(N2CCCC2)C1=O. The number of allylic oxidation sites excluding steroid dienone is 2. The monoisotopic (exact) mass is 207 g/mol. The first-order valence-electron chi connectivity index (χ1n) is 6.02. The van der Waals surface area contributed by atoms with Gasteiger partial charge in [-0.3, -0.25) is 4.79 Å². The molecule has 0 aromatic rings. The zero-order chi connectivity index (χ0) is 11.1. The van der Waals surface area contributed by atoms with Crippen LogP contribution in [0.1, 0.15) is 40.0 Å². The summed E-state index contributed by atoms with van der Waals surface area (Å²) in [5.41, 5.74) is 1.18. The van der Waals surface area contributed by atoms with Gasteiger partial charge in [-0.05, 0) is 24.7 Å². The quantitative estimate of drug-likeness (QED) is 0.658. The Morgan fingerprint density at radius 3 is 2.53 bits per heavy atom. The van der Waals surface area contributed by atoms with Crippen LogP contribution in [0.25, 0.3) is 0 Å². The highest BCUT2D eigenvalue weighted by Crippen LogP contribution is 2.36. The van der Waals surface area contributed by atoms with Gasteiger partial charge in [-0.25, -0.2) is 0 Å². The first-order chi connectivity index (χ1) is 6.99. The van der Waals surface area contributed by atoms with Gasteiger partial charge in [0.2, 0.25) is 0 Å². The van der Waals surface area contributed by atoms with Gasteiger partial charge in [0, 0.05) is 19.0 Å². The first kappa shape index (κ1) is 10.7. The number of hydrogen-bond acceptors (Lipinski definition) is 2. The number of Topliss-reactive ketones (excluding diaryl/α,β-unsaturated/α-hetero) is 1. The fourth-order valence-electron chi connectivity index (χ4n) is 2.84. The minimum atomic E-state index is 0.186. The summed E-state index contributed by atoms with van der Waals surface area (Å²) in [4.78, 5) is 14.4. The second-order valence-electron chi connectivity index (χ2n) is 5.68. The average Bonchev–Trinajstić information content (AvgIpc) is 2.63. The van der Waals surface area contributed by atoms with Crippen molar-refractivity contribution in [2.75, 3.05) is 13.1 Å². The smallest absolute Gasteiger partial charge is 0.181 e. The third-order valence-corrected chi connectivity index (χ3v) is 3.51. The molecule has 1 aliphatic carbocycles. The molecule has 84 valence electrons. The van der Waals surface area contributed by atoms with Crippen molar-refractivity contribution in [3.63, 3.8) is 0 Å². The van der Waals surface area contributed by atoms with E-state index in [-0.39, 0.29) is 11.3 Å². The Balaban J connectivity index is 2.26. The summed E-state index contributed by atoms with van der Waals surface area (Å²) in [5, 5.41) is 0. The van der Waals surface area contributed by atoms with Crippen LogP contribution in [0.2, 0.25) is 0 Å². The lowest BCUT2D eigenvalue weighted by Crippen LogP contribution is -2.35. The van der Waals surface area contributed by atoms with E-state index in [1.54, 1.807) is 0 Å². The van der Waals surface area contributed by atoms with Crippen molar-refractivity contribution < 1.29 is 4.79 Å². The lowest BCUT2D eigenvalue weighted by atomic mass is 9.75. The number of nitrogens with zero attached hydrogens (tertiary/aromatic N) is 1. The van der Waals surface area contributed by atoms with Crippen molar-refractivity contribution in [3.05, 3.63) is 11.8 Å². The molecule has 1 unspecified atom stereocenters. The molecule has 2 aliphatic rings. The molecule has 1 aliphatic heterocycles. The molecule has 0 bridgehead atoms. The average molecular weight is 207 g/mol. The van der Waals surface area contributed by atoms with Crippen LogP contribution in [0.4, 0.5) is 0 Å². The predicted octanol–water partition coefficient (Wildman–Crippen LogP) is 2.60. The minimum Gasteiger partial charge on any atom is -0.369 e. The van der Waals surface area contributed by atoms with Gasteiger partial charge in [-0.1, -0.05) is 26.8 Å². The lowest BCUT2D eigenvalue weighted by Gasteiger charge is -2.34. The van der Waals surface area contributed by atoms with Gasteiger partial charge in [0.1, 0.15) is 0 Å². The second kappa shape index (κ2) is 3.66. The molecule has 2 heteroatoms. The summed E-state index contributed by atoms with van der Waals surface area (Å²) in [6, 6.07) is 0. The van der Waals surface area contributed by atoms with Crippen LogP contribution in [0, 0.1) is 11.3 Å². The summed E-state index contributed by atoms with van der Waals surface area (Å²) in [6.07, 6.45) is 5.66. The molecule has 0 spiro atoms. The fourth-order valence-corrected chi connectivity index (χ4v) is 2.84. The van der Waals surface area contributed by atoms with E-state index in [9.17, 15) is 4.79 Å². The van der Waals surface area contributed by atoms with Crippen LogP contribution in [0.5, 0.6) is 0 Å². The predicted molar refractivity (Wildman–Crippen MR) is 61.5 cm³/mol.